The second kappa shape index (κ2) is 7.81. The fraction of sp³-hybridized carbons (Fsp3) is 0.176. The number of thioether (sulfide) groups is 2. The van der Waals surface area contributed by atoms with Gasteiger partial charge in [-0.2, -0.15) is 8.42 Å². The van der Waals surface area contributed by atoms with Crippen molar-refractivity contribution < 1.29 is 27.4 Å². The minimum absolute atomic E-state index is 0.00581. The summed E-state index contributed by atoms with van der Waals surface area (Å²) in [6.45, 7) is 0. The van der Waals surface area contributed by atoms with Crippen molar-refractivity contribution in [1.82, 2.24) is 0 Å². The summed E-state index contributed by atoms with van der Waals surface area (Å²) < 4.78 is 30.3. The maximum Gasteiger partial charge on any atom is 0.346 e. The molecule has 2 heterocycles. The van der Waals surface area contributed by atoms with Crippen LogP contribution in [0.3, 0.4) is 0 Å². The van der Waals surface area contributed by atoms with Crippen LogP contribution >= 0.6 is 23.5 Å². The van der Waals surface area contributed by atoms with Crippen LogP contribution in [-0.4, -0.2) is 46.6 Å². The highest BCUT2D eigenvalue weighted by molar-refractivity contribution is 8.16. The average molecular weight is 468 g/mol. The van der Waals surface area contributed by atoms with Crippen molar-refractivity contribution in [1.29, 1.82) is 0 Å². The van der Waals surface area contributed by atoms with E-state index in [1.807, 2.05) is 0 Å². The van der Waals surface area contributed by atoms with Gasteiger partial charge in [0, 0.05) is 22.4 Å². The highest BCUT2D eigenvalue weighted by Crippen LogP contribution is 2.43. The predicted octanol–water partition coefficient (Wildman–Crippen LogP) is 2.80. The fourth-order valence-electron chi connectivity index (χ4n) is 2.83. The van der Waals surface area contributed by atoms with Crippen LogP contribution in [0, 0.1) is 10.1 Å². The monoisotopic (exact) mass is 467 g/mol. The number of para-hydroxylation sites is 1. The van der Waals surface area contributed by atoms with Gasteiger partial charge >= 0.3 is 16.1 Å². The molecule has 0 radical (unpaired) electrons. The van der Waals surface area contributed by atoms with E-state index >= 15 is 0 Å². The lowest BCUT2D eigenvalue weighted by Gasteiger charge is -2.08. The Labute approximate surface area is 179 Å². The lowest BCUT2D eigenvalue weighted by Crippen LogP contribution is -2.19. The van der Waals surface area contributed by atoms with Gasteiger partial charge in [-0.25, -0.2) is 4.79 Å². The van der Waals surface area contributed by atoms with Crippen LogP contribution in [0.2, 0.25) is 0 Å². The van der Waals surface area contributed by atoms with Gasteiger partial charge in [-0.3, -0.25) is 15.1 Å². The first-order valence-corrected chi connectivity index (χ1v) is 11.7. The molecule has 1 unspecified atom stereocenters. The molecule has 30 heavy (non-hydrogen) atoms. The largest absolute Gasteiger partial charge is 0.480 e. The summed E-state index contributed by atoms with van der Waals surface area (Å²) in [6, 6.07) is 8.74. The molecule has 0 aliphatic carbocycles. The maximum atomic E-state index is 12.6. The van der Waals surface area contributed by atoms with E-state index < -0.39 is 37.6 Å². The Morgan fingerprint density at radius 3 is 2.77 bits per heavy atom. The number of anilines is 1. The SMILES string of the molecule is O=C(O)[C@H]1CSC(C2Nc3ccc(OS(=O)(=O)c4ccccc4[N+](=O)[O-])cc3S2)=N1. The summed E-state index contributed by atoms with van der Waals surface area (Å²) in [5.74, 6) is -0.609. The van der Waals surface area contributed by atoms with Crippen LogP contribution in [0.25, 0.3) is 0 Å². The molecule has 2 aliphatic rings. The molecule has 0 aromatic heterocycles. The number of hydrogen-bond donors (Lipinski definition) is 2. The van der Waals surface area contributed by atoms with Crippen molar-refractivity contribution in [3.63, 3.8) is 0 Å². The quantitative estimate of drug-likeness (QED) is 0.369. The number of nitro benzene ring substituents is 1. The second-order valence-electron chi connectivity index (χ2n) is 6.19. The molecule has 0 spiro atoms. The van der Waals surface area contributed by atoms with E-state index in [0.717, 1.165) is 17.8 Å². The molecule has 4 rings (SSSR count). The maximum absolute atomic E-state index is 12.6. The van der Waals surface area contributed by atoms with Gasteiger partial charge in [-0.15, -0.1) is 11.8 Å². The molecule has 0 bridgehead atoms. The number of nitrogens with zero attached hydrogens (tertiary/aromatic N) is 2. The summed E-state index contributed by atoms with van der Waals surface area (Å²) >= 11 is 2.71. The molecule has 156 valence electrons. The van der Waals surface area contributed by atoms with Crippen LogP contribution in [0.4, 0.5) is 11.4 Å². The van der Waals surface area contributed by atoms with Gasteiger partial charge in [0.1, 0.15) is 16.2 Å². The summed E-state index contributed by atoms with van der Waals surface area (Å²) in [5.41, 5.74) is 0.154. The van der Waals surface area contributed by atoms with Gasteiger partial charge in [0.05, 0.1) is 4.92 Å². The second-order valence-corrected chi connectivity index (χ2v) is 9.90. The van der Waals surface area contributed by atoms with Gasteiger partial charge in [-0.1, -0.05) is 23.9 Å². The number of aliphatic imine (C=N–C) groups is 1. The van der Waals surface area contributed by atoms with Gasteiger partial charge in [0.2, 0.25) is 0 Å². The van der Waals surface area contributed by atoms with E-state index in [-0.39, 0.29) is 11.1 Å². The van der Waals surface area contributed by atoms with Crippen LogP contribution in [0.15, 0.2) is 57.2 Å². The fourth-order valence-corrected chi connectivity index (χ4v) is 6.27. The molecular formula is C17H13N3O7S3. The summed E-state index contributed by atoms with van der Waals surface area (Å²) in [4.78, 5) is 25.8. The zero-order chi connectivity index (χ0) is 21.5. The number of fused-ring (bicyclic) bond motifs is 1. The number of nitro groups is 1. The van der Waals surface area contributed by atoms with Gasteiger partial charge in [0.15, 0.2) is 10.9 Å². The van der Waals surface area contributed by atoms with Crippen LogP contribution < -0.4 is 9.50 Å². The van der Waals surface area contributed by atoms with Crippen LogP contribution in [0.1, 0.15) is 0 Å². The predicted molar refractivity (Wildman–Crippen MR) is 112 cm³/mol. The molecule has 2 atom stereocenters. The third kappa shape index (κ3) is 3.95. The molecule has 2 N–H and O–H groups in total. The Hall–Kier alpha value is -2.77. The molecule has 0 fully saturated rings. The Bertz CT molecular complexity index is 1180. The molecule has 0 amide bonds. The minimum atomic E-state index is -4.42. The summed E-state index contributed by atoms with van der Waals surface area (Å²) in [5, 5.41) is 23.8. The Morgan fingerprint density at radius 1 is 1.30 bits per heavy atom. The number of hydrogen-bond acceptors (Lipinski definition) is 10. The molecule has 2 aliphatic heterocycles. The Balaban J connectivity index is 1.54. The van der Waals surface area contributed by atoms with Crippen molar-refractivity contribution in [2.24, 2.45) is 4.99 Å². The topological polar surface area (TPSA) is 148 Å². The number of carbonyl (C=O) groups is 1. The zero-order valence-electron chi connectivity index (χ0n) is 14.9. The molecule has 10 nitrogen and oxygen atoms in total. The molecule has 0 saturated heterocycles. The minimum Gasteiger partial charge on any atom is -0.480 e. The van der Waals surface area contributed by atoms with E-state index in [4.69, 9.17) is 9.29 Å². The van der Waals surface area contributed by atoms with Gasteiger partial charge < -0.3 is 14.6 Å². The molecule has 2 aromatic rings. The third-order valence-electron chi connectivity index (χ3n) is 4.20. The first kappa shape index (κ1) is 20.5. The van der Waals surface area contributed by atoms with Crippen molar-refractivity contribution in [3.8, 4) is 5.75 Å². The lowest BCUT2D eigenvalue weighted by molar-refractivity contribution is -0.387. The Kier molecular flexibility index (Phi) is 5.34. The molecule has 13 heteroatoms. The van der Waals surface area contributed by atoms with Crippen LogP contribution in [-0.2, 0) is 14.9 Å². The smallest absolute Gasteiger partial charge is 0.346 e. The molecular weight excluding hydrogens is 454 g/mol. The lowest BCUT2D eigenvalue weighted by atomic mass is 10.3. The normalized spacial score (nSPS) is 20.2. The highest BCUT2D eigenvalue weighted by Gasteiger charge is 2.34. The van der Waals surface area contributed by atoms with E-state index in [9.17, 15) is 23.3 Å². The number of benzene rings is 2. The number of nitrogens with one attached hydrogen (secondary N) is 1. The van der Waals surface area contributed by atoms with Gasteiger partial charge in [-0.05, 0) is 24.3 Å². The van der Waals surface area contributed by atoms with Crippen LogP contribution in [0.5, 0.6) is 5.75 Å². The third-order valence-corrected chi connectivity index (χ3v) is 7.94. The van der Waals surface area contributed by atoms with Crippen molar-refractivity contribution in [3.05, 3.63) is 52.6 Å². The van der Waals surface area contributed by atoms with E-state index in [1.54, 1.807) is 6.07 Å². The number of rotatable bonds is 6. The molecule has 2 aromatic carbocycles. The summed E-state index contributed by atoms with van der Waals surface area (Å²) in [6.07, 6.45) is 0. The Morgan fingerprint density at radius 2 is 2.07 bits per heavy atom. The highest BCUT2D eigenvalue weighted by atomic mass is 32.2. The number of carboxylic acid groups (broad SMARTS) is 1. The first-order chi connectivity index (χ1) is 14.2. The van der Waals surface area contributed by atoms with Crippen molar-refractivity contribution in [2.45, 2.75) is 21.2 Å². The molecule has 0 saturated carbocycles. The van der Waals surface area contributed by atoms with Gasteiger partial charge in [0.25, 0.3) is 5.69 Å². The van der Waals surface area contributed by atoms with Crippen molar-refractivity contribution in [2.75, 3.05) is 11.1 Å². The van der Waals surface area contributed by atoms with E-state index in [0.29, 0.717) is 15.7 Å². The summed E-state index contributed by atoms with van der Waals surface area (Å²) in [7, 11) is -4.42. The standard InChI is InChI=1S/C17H13N3O7S3/c21-17(22)11-8-28-15(19-11)16-18-10-6-5-9(7-13(10)29-16)27-30(25,26)14-4-2-1-3-12(14)20(23)24/h1-7,11,16,18H,8H2,(H,21,22)/t11-,16?/m1/s1. The van der Waals surface area contributed by atoms with E-state index in [1.165, 1.54) is 47.8 Å². The average Bonchev–Trinajstić information content (AvgIpc) is 3.34. The number of carboxylic acids is 1. The van der Waals surface area contributed by atoms with E-state index in [2.05, 4.69) is 10.3 Å². The van der Waals surface area contributed by atoms with Crippen molar-refractivity contribution >= 4 is 56.0 Å². The zero-order valence-corrected chi connectivity index (χ0v) is 17.4. The first-order valence-electron chi connectivity index (χ1n) is 8.43. The number of aliphatic carboxylic acids is 1.